The van der Waals surface area contributed by atoms with E-state index in [9.17, 15) is 27.6 Å². The van der Waals surface area contributed by atoms with Crippen molar-refractivity contribution in [2.24, 2.45) is 0 Å². The van der Waals surface area contributed by atoms with Gasteiger partial charge in [-0.3, -0.25) is 9.59 Å². The van der Waals surface area contributed by atoms with E-state index < -0.39 is 47.5 Å². The highest BCUT2D eigenvalue weighted by molar-refractivity contribution is 5.95. The van der Waals surface area contributed by atoms with E-state index in [4.69, 9.17) is 0 Å². The summed E-state index contributed by atoms with van der Waals surface area (Å²) in [6.07, 6.45) is 0. The van der Waals surface area contributed by atoms with E-state index in [1.807, 2.05) is 5.32 Å². The van der Waals surface area contributed by atoms with Gasteiger partial charge in [0.15, 0.2) is 17.5 Å². The number of rotatable bonds is 7. The molecule has 0 aliphatic heterocycles. The van der Waals surface area contributed by atoms with E-state index in [-0.39, 0.29) is 6.54 Å². The van der Waals surface area contributed by atoms with Crippen LogP contribution < -0.4 is 16.0 Å². The second-order valence-electron chi connectivity index (χ2n) is 5.47. The topological polar surface area (TPSA) is 96.5 Å². The number of anilines is 2. The zero-order valence-electron chi connectivity index (χ0n) is 14.6. The molecule has 28 heavy (non-hydrogen) atoms. The third-order valence-electron chi connectivity index (χ3n) is 3.49. The van der Waals surface area contributed by atoms with Crippen LogP contribution in [0.15, 0.2) is 36.4 Å². The number of methoxy groups -OCH3 is 1. The van der Waals surface area contributed by atoms with Gasteiger partial charge in [0.05, 0.1) is 31.5 Å². The standard InChI is InChI=1S/C18H16F3N3O4/c1-28-18(27)10-3-2-4-11(7-10)22-8-14(25)23-9-15(26)24-13-6-5-12(19)16(20)17(13)21/h2-7,22H,8-9H2,1H3,(H,23,25)(H,24,26). The first-order valence-corrected chi connectivity index (χ1v) is 7.94. The fourth-order valence-electron chi connectivity index (χ4n) is 2.11. The van der Waals surface area contributed by atoms with Crippen molar-refractivity contribution >= 4 is 29.2 Å². The van der Waals surface area contributed by atoms with Gasteiger partial charge in [-0.1, -0.05) is 6.07 Å². The SMILES string of the molecule is COC(=O)c1cccc(NCC(=O)NCC(=O)Nc2ccc(F)c(F)c2F)c1. The van der Waals surface area contributed by atoms with Crippen molar-refractivity contribution in [1.82, 2.24) is 5.32 Å². The molecule has 0 fully saturated rings. The van der Waals surface area contributed by atoms with E-state index in [2.05, 4.69) is 15.4 Å². The number of amides is 2. The maximum atomic E-state index is 13.5. The van der Waals surface area contributed by atoms with Crippen LogP contribution in [-0.2, 0) is 14.3 Å². The average Bonchev–Trinajstić information content (AvgIpc) is 2.70. The molecule has 148 valence electrons. The molecule has 2 amide bonds. The van der Waals surface area contributed by atoms with E-state index in [1.165, 1.54) is 13.2 Å². The van der Waals surface area contributed by atoms with Gasteiger partial charge in [0.25, 0.3) is 0 Å². The summed E-state index contributed by atoms with van der Waals surface area (Å²) in [5.74, 6) is -6.55. The van der Waals surface area contributed by atoms with Crippen LogP contribution in [0.25, 0.3) is 0 Å². The maximum absolute atomic E-state index is 13.5. The first kappa shape index (κ1) is 20.7. The molecule has 0 bridgehead atoms. The lowest BCUT2D eigenvalue weighted by Gasteiger charge is -2.10. The zero-order chi connectivity index (χ0) is 20.7. The van der Waals surface area contributed by atoms with E-state index in [0.717, 1.165) is 6.07 Å². The molecule has 0 atom stereocenters. The Kier molecular flexibility index (Phi) is 6.96. The van der Waals surface area contributed by atoms with Gasteiger partial charge in [-0.05, 0) is 30.3 Å². The van der Waals surface area contributed by atoms with Crippen LogP contribution in [0.4, 0.5) is 24.5 Å². The van der Waals surface area contributed by atoms with Crippen LogP contribution in [0.3, 0.4) is 0 Å². The molecule has 0 unspecified atom stereocenters. The number of halogens is 3. The van der Waals surface area contributed by atoms with Gasteiger partial charge in [-0.2, -0.15) is 0 Å². The predicted octanol–water partition coefficient (Wildman–Crippen LogP) is 2.06. The fourth-order valence-corrected chi connectivity index (χ4v) is 2.11. The predicted molar refractivity (Wildman–Crippen MR) is 94.2 cm³/mol. The minimum Gasteiger partial charge on any atom is -0.465 e. The Morgan fingerprint density at radius 1 is 0.964 bits per heavy atom. The molecule has 10 heteroatoms. The Hall–Kier alpha value is -3.56. The van der Waals surface area contributed by atoms with Crippen LogP contribution in [0.1, 0.15) is 10.4 Å². The molecular formula is C18H16F3N3O4. The molecule has 0 aliphatic carbocycles. The van der Waals surface area contributed by atoms with Crippen molar-refractivity contribution in [2.75, 3.05) is 30.8 Å². The van der Waals surface area contributed by atoms with Crippen LogP contribution >= 0.6 is 0 Å². The van der Waals surface area contributed by atoms with Crippen molar-refractivity contribution in [1.29, 1.82) is 0 Å². The monoisotopic (exact) mass is 395 g/mol. The molecule has 0 spiro atoms. The highest BCUT2D eigenvalue weighted by atomic mass is 19.2. The van der Waals surface area contributed by atoms with E-state index in [1.54, 1.807) is 18.2 Å². The lowest BCUT2D eigenvalue weighted by Crippen LogP contribution is -2.36. The van der Waals surface area contributed by atoms with Crippen LogP contribution in [0.5, 0.6) is 0 Å². The fraction of sp³-hybridized carbons (Fsp3) is 0.167. The van der Waals surface area contributed by atoms with Gasteiger partial charge >= 0.3 is 5.97 Å². The second kappa shape index (κ2) is 9.40. The Balaban J connectivity index is 1.82. The van der Waals surface area contributed by atoms with Gasteiger partial charge in [-0.15, -0.1) is 0 Å². The normalized spacial score (nSPS) is 10.1. The van der Waals surface area contributed by atoms with Crippen molar-refractivity contribution in [3.8, 4) is 0 Å². The summed E-state index contributed by atoms with van der Waals surface area (Å²) in [6.45, 7) is -0.724. The zero-order valence-corrected chi connectivity index (χ0v) is 14.6. The van der Waals surface area contributed by atoms with Gasteiger partial charge in [-0.25, -0.2) is 18.0 Å². The number of esters is 1. The molecule has 2 aromatic carbocycles. The first-order chi connectivity index (χ1) is 13.3. The number of carbonyl (C=O) groups is 3. The molecule has 0 aliphatic rings. The number of nitrogens with one attached hydrogen (secondary N) is 3. The Bertz CT molecular complexity index is 906. The maximum Gasteiger partial charge on any atom is 0.337 e. The van der Waals surface area contributed by atoms with Gasteiger partial charge in [0, 0.05) is 5.69 Å². The summed E-state index contributed by atoms with van der Waals surface area (Å²) in [6, 6.07) is 7.77. The lowest BCUT2D eigenvalue weighted by atomic mass is 10.2. The van der Waals surface area contributed by atoms with Crippen LogP contribution in [0, 0.1) is 17.5 Å². The number of hydrogen-bond donors (Lipinski definition) is 3. The average molecular weight is 395 g/mol. The molecule has 0 heterocycles. The van der Waals surface area contributed by atoms with Crippen LogP contribution in [0.2, 0.25) is 0 Å². The lowest BCUT2D eigenvalue weighted by molar-refractivity contribution is -0.122. The van der Waals surface area contributed by atoms with E-state index >= 15 is 0 Å². The third-order valence-corrected chi connectivity index (χ3v) is 3.49. The number of ether oxygens (including phenoxy) is 1. The molecule has 7 nitrogen and oxygen atoms in total. The van der Waals surface area contributed by atoms with Crippen molar-refractivity contribution in [3.05, 3.63) is 59.4 Å². The molecule has 2 rings (SSSR count). The van der Waals surface area contributed by atoms with Gasteiger partial charge in [0.2, 0.25) is 11.8 Å². The molecule has 0 aromatic heterocycles. The quantitative estimate of drug-likeness (QED) is 0.493. The van der Waals surface area contributed by atoms with Crippen molar-refractivity contribution < 1.29 is 32.3 Å². The molecule has 0 saturated carbocycles. The highest BCUT2D eigenvalue weighted by Gasteiger charge is 2.15. The third kappa shape index (κ3) is 5.47. The summed E-state index contributed by atoms with van der Waals surface area (Å²) in [7, 11) is 1.24. The second-order valence-corrected chi connectivity index (χ2v) is 5.47. The molecule has 3 N–H and O–H groups in total. The number of benzene rings is 2. The Morgan fingerprint density at radius 3 is 2.43 bits per heavy atom. The number of hydrogen-bond acceptors (Lipinski definition) is 5. The first-order valence-electron chi connectivity index (χ1n) is 7.94. The smallest absolute Gasteiger partial charge is 0.337 e. The molecule has 0 saturated heterocycles. The minimum atomic E-state index is -1.71. The van der Waals surface area contributed by atoms with Gasteiger partial charge < -0.3 is 20.7 Å². The minimum absolute atomic E-state index is 0.211. The largest absolute Gasteiger partial charge is 0.465 e. The molecular weight excluding hydrogens is 379 g/mol. The summed E-state index contributed by atoms with van der Waals surface area (Å²) in [5.41, 5.74) is 0.225. The van der Waals surface area contributed by atoms with Gasteiger partial charge in [0.1, 0.15) is 0 Å². The number of carbonyl (C=O) groups excluding carboxylic acids is 3. The Labute approximate surface area is 157 Å². The summed E-state index contributed by atoms with van der Waals surface area (Å²) in [5, 5.41) is 7.06. The van der Waals surface area contributed by atoms with Crippen molar-refractivity contribution in [2.45, 2.75) is 0 Å². The summed E-state index contributed by atoms with van der Waals surface area (Å²) >= 11 is 0. The summed E-state index contributed by atoms with van der Waals surface area (Å²) < 4.78 is 44.0. The van der Waals surface area contributed by atoms with E-state index in [0.29, 0.717) is 17.3 Å². The Morgan fingerprint density at radius 2 is 1.71 bits per heavy atom. The van der Waals surface area contributed by atoms with Crippen LogP contribution in [-0.4, -0.2) is 38.0 Å². The molecule has 0 radical (unpaired) electrons. The highest BCUT2D eigenvalue weighted by Crippen LogP contribution is 2.19. The van der Waals surface area contributed by atoms with Crippen molar-refractivity contribution in [3.63, 3.8) is 0 Å². The molecule has 2 aromatic rings. The summed E-state index contributed by atoms with van der Waals surface area (Å²) in [4.78, 5) is 34.9.